The summed E-state index contributed by atoms with van der Waals surface area (Å²) in [6.45, 7) is 0. The molecule has 0 aliphatic carbocycles. The molecule has 45 heavy (non-hydrogen) atoms. The first-order valence-electron chi connectivity index (χ1n) is 15.2. The van der Waals surface area contributed by atoms with Gasteiger partial charge in [0.2, 0.25) is 5.95 Å². The van der Waals surface area contributed by atoms with Gasteiger partial charge in [0.25, 0.3) is 0 Å². The molecule has 0 atom stereocenters. The van der Waals surface area contributed by atoms with Crippen molar-refractivity contribution in [3.8, 4) is 22.9 Å². The lowest BCUT2D eigenvalue weighted by atomic mass is 10.1. The average Bonchev–Trinajstić information content (AvgIpc) is 3.75. The molecule has 10 rings (SSSR count). The highest BCUT2D eigenvalue weighted by Gasteiger charge is 2.21. The van der Waals surface area contributed by atoms with Crippen LogP contribution in [0, 0.1) is 0 Å². The molecule has 0 fully saturated rings. The molecule has 6 aromatic carbocycles. The van der Waals surface area contributed by atoms with E-state index in [4.69, 9.17) is 9.97 Å². The summed E-state index contributed by atoms with van der Waals surface area (Å²) in [6.07, 6.45) is 0. The first-order chi connectivity index (χ1) is 22.3. The summed E-state index contributed by atoms with van der Waals surface area (Å²) in [5.41, 5.74) is 10.7. The molecule has 5 heteroatoms. The van der Waals surface area contributed by atoms with Crippen LogP contribution in [0.15, 0.2) is 152 Å². The van der Waals surface area contributed by atoms with Gasteiger partial charge in [-0.25, -0.2) is 9.97 Å². The second kappa shape index (κ2) is 9.15. The first kappa shape index (κ1) is 24.3. The Kier molecular flexibility index (Phi) is 4.93. The molecule has 0 aliphatic rings. The Morgan fingerprint density at radius 3 is 1.84 bits per heavy atom. The maximum atomic E-state index is 5.27. The molecule has 0 bridgehead atoms. The predicted molar refractivity (Wildman–Crippen MR) is 185 cm³/mol. The van der Waals surface area contributed by atoms with Crippen LogP contribution < -0.4 is 0 Å². The normalized spacial score (nSPS) is 12.0. The standard InChI is InChI=1S/C40H25N5/c1-2-12-26(13-3-1)39-31-17-5-8-18-32(31)41-40(42-39)45-36-23-22-28(25-37(36)44-33-19-9-4-14-27(33)24-38(44)45)43-34-20-10-6-15-29(34)30-16-7-11-21-35(30)43/h1-25H. The zero-order valence-electron chi connectivity index (χ0n) is 24.2. The molecule has 10 aromatic rings. The number of benzene rings is 6. The Morgan fingerprint density at radius 2 is 1.07 bits per heavy atom. The minimum absolute atomic E-state index is 0.653. The fourth-order valence-electron chi connectivity index (χ4n) is 7.09. The highest BCUT2D eigenvalue weighted by atomic mass is 15.2. The van der Waals surface area contributed by atoms with Gasteiger partial charge in [0.05, 0.1) is 38.8 Å². The van der Waals surface area contributed by atoms with E-state index in [1.807, 2.05) is 12.1 Å². The fourth-order valence-corrected chi connectivity index (χ4v) is 7.09. The topological polar surface area (TPSA) is 40.0 Å². The Balaban J connectivity index is 1.32. The van der Waals surface area contributed by atoms with Gasteiger partial charge in [-0.1, -0.05) is 103 Å². The molecule has 4 aromatic heterocycles. The van der Waals surface area contributed by atoms with Crippen LogP contribution in [-0.2, 0) is 0 Å². The van der Waals surface area contributed by atoms with Gasteiger partial charge in [-0.15, -0.1) is 0 Å². The lowest BCUT2D eigenvalue weighted by Crippen LogP contribution is -2.03. The number of fused-ring (bicyclic) bond motifs is 9. The van der Waals surface area contributed by atoms with Crippen LogP contribution in [0.25, 0.3) is 83.2 Å². The van der Waals surface area contributed by atoms with Gasteiger partial charge in [0.15, 0.2) is 0 Å². The number of imidazole rings is 1. The van der Waals surface area contributed by atoms with Crippen molar-refractivity contribution < 1.29 is 0 Å². The fraction of sp³-hybridized carbons (Fsp3) is 0. The van der Waals surface area contributed by atoms with Crippen LogP contribution in [0.2, 0.25) is 0 Å². The Morgan fingerprint density at radius 1 is 0.422 bits per heavy atom. The third-order valence-electron chi connectivity index (χ3n) is 9.04. The van der Waals surface area contributed by atoms with Crippen molar-refractivity contribution in [2.45, 2.75) is 0 Å². The monoisotopic (exact) mass is 575 g/mol. The third-order valence-corrected chi connectivity index (χ3v) is 9.04. The maximum absolute atomic E-state index is 5.27. The summed E-state index contributed by atoms with van der Waals surface area (Å²) in [4.78, 5) is 10.4. The Labute approximate surface area is 257 Å². The van der Waals surface area contributed by atoms with Gasteiger partial charge in [-0.3, -0.25) is 8.97 Å². The van der Waals surface area contributed by atoms with Crippen molar-refractivity contribution in [1.29, 1.82) is 0 Å². The molecule has 0 saturated carbocycles. The summed E-state index contributed by atoms with van der Waals surface area (Å²) in [7, 11) is 0. The molecule has 4 heterocycles. The Hall–Kier alpha value is -6.20. The summed E-state index contributed by atoms with van der Waals surface area (Å²) in [5.74, 6) is 0.653. The number of nitrogens with zero attached hydrogens (tertiary/aromatic N) is 5. The largest absolute Gasteiger partial charge is 0.309 e. The van der Waals surface area contributed by atoms with Crippen LogP contribution in [0.1, 0.15) is 0 Å². The van der Waals surface area contributed by atoms with Crippen molar-refractivity contribution in [2.75, 3.05) is 0 Å². The van der Waals surface area contributed by atoms with Crippen LogP contribution in [0.5, 0.6) is 0 Å². The van der Waals surface area contributed by atoms with Crippen molar-refractivity contribution in [1.82, 2.24) is 23.5 Å². The zero-order valence-corrected chi connectivity index (χ0v) is 24.2. The molecule has 0 spiro atoms. The lowest BCUT2D eigenvalue weighted by molar-refractivity contribution is 1.00. The highest BCUT2D eigenvalue weighted by Crippen LogP contribution is 2.36. The van der Waals surface area contributed by atoms with Gasteiger partial charge >= 0.3 is 0 Å². The maximum Gasteiger partial charge on any atom is 0.237 e. The molecule has 5 nitrogen and oxygen atoms in total. The van der Waals surface area contributed by atoms with Gasteiger partial charge in [-0.05, 0) is 48.5 Å². The molecule has 0 radical (unpaired) electrons. The molecular formula is C40H25N5. The molecule has 210 valence electrons. The summed E-state index contributed by atoms with van der Waals surface area (Å²) in [5, 5.41) is 4.71. The highest BCUT2D eigenvalue weighted by molar-refractivity contribution is 6.09. The van der Waals surface area contributed by atoms with Crippen LogP contribution >= 0.6 is 0 Å². The second-order valence-electron chi connectivity index (χ2n) is 11.5. The molecule has 0 amide bonds. The minimum Gasteiger partial charge on any atom is -0.309 e. The van der Waals surface area contributed by atoms with E-state index in [1.165, 1.54) is 27.2 Å². The summed E-state index contributed by atoms with van der Waals surface area (Å²) < 4.78 is 6.94. The van der Waals surface area contributed by atoms with E-state index < -0.39 is 0 Å². The first-order valence-corrected chi connectivity index (χ1v) is 15.2. The second-order valence-corrected chi connectivity index (χ2v) is 11.5. The van der Waals surface area contributed by atoms with Crippen molar-refractivity contribution in [2.24, 2.45) is 0 Å². The summed E-state index contributed by atoms with van der Waals surface area (Å²) >= 11 is 0. The number of hydrogen-bond donors (Lipinski definition) is 0. The number of para-hydroxylation sites is 4. The van der Waals surface area contributed by atoms with Gasteiger partial charge in [-0.2, -0.15) is 0 Å². The van der Waals surface area contributed by atoms with Crippen LogP contribution in [-0.4, -0.2) is 23.5 Å². The smallest absolute Gasteiger partial charge is 0.237 e. The van der Waals surface area contributed by atoms with Gasteiger partial charge in [0.1, 0.15) is 5.65 Å². The predicted octanol–water partition coefficient (Wildman–Crippen LogP) is 9.74. The van der Waals surface area contributed by atoms with E-state index in [0.29, 0.717) is 5.95 Å². The van der Waals surface area contributed by atoms with Gasteiger partial charge in [0, 0.05) is 32.8 Å². The third kappa shape index (κ3) is 3.43. The quantitative estimate of drug-likeness (QED) is 0.210. The van der Waals surface area contributed by atoms with Crippen molar-refractivity contribution in [3.05, 3.63) is 152 Å². The molecular weight excluding hydrogens is 550 g/mol. The number of hydrogen-bond acceptors (Lipinski definition) is 2. The molecule has 0 N–H and O–H groups in total. The minimum atomic E-state index is 0.653. The van der Waals surface area contributed by atoms with Crippen molar-refractivity contribution in [3.63, 3.8) is 0 Å². The SMILES string of the molecule is c1ccc(-c2nc(-n3c4ccc(-n5c6ccccc6c6ccccc65)cc4n4c5ccccc5cc34)nc3ccccc23)cc1. The Bertz CT molecular complexity index is 2710. The molecule has 0 unspecified atom stereocenters. The zero-order chi connectivity index (χ0) is 29.5. The van der Waals surface area contributed by atoms with E-state index in [0.717, 1.165) is 50.0 Å². The lowest BCUT2D eigenvalue weighted by Gasteiger charge is -2.11. The van der Waals surface area contributed by atoms with E-state index >= 15 is 0 Å². The number of aromatic nitrogens is 5. The van der Waals surface area contributed by atoms with E-state index in [1.54, 1.807) is 0 Å². The average molecular weight is 576 g/mol. The van der Waals surface area contributed by atoms with E-state index in [9.17, 15) is 0 Å². The molecule has 0 aliphatic heterocycles. The van der Waals surface area contributed by atoms with Crippen LogP contribution in [0.4, 0.5) is 0 Å². The molecule has 0 saturated heterocycles. The van der Waals surface area contributed by atoms with Crippen molar-refractivity contribution >= 4 is 60.3 Å². The number of rotatable bonds is 3. The van der Waals surface area contributed by atoms with E-state index in [2.05, 4.69) is 153 Å². The van der Waals surface area contributed by atoms with Gasteiger partial charge < -0.3 is 4.57 Å². The summed E-state index contributed by atoms with van der Waals surface area (Å²) in [6, 6.07) is 53.5. The van der Waals surface area contributed by atoms with E-state index in [-0.39, 0.29) is 0 Å². The van der Waals surface area contributed by atoms with Crippen LogP contribution in [0.3, 0.4) is 0 Å².